The Morgan fingerprint density at radius 3 is 2.95 bits per heavy atom. The monoisotopic (exact) mass is 313 g/mol. The highest BCUT2D eigenvalue weighted by molar-refractivity contribution is 7.99. The van der Waals surface area contributed by atoms with Crippen LogP contribution >= 0.6 is 11.8 Å². The second-order valence-corrected chi connectivity index (χ2v) is 4.56. The van der Waals surface area contributed by atoms with Crippen molar-refractivity contribution in [2.45, 2.75) is 17.0 Å². The third-order valence-electron chi connectivity index (χ3n) is 2.17. The number of hydrogen-bond donors (Lipinski definition) is 0. The topological polar surface area (TPSA) is 108 Å². The molecule has 1 heterocycles. The molecule has 0 N–H and O–H groups in total. The van der Waals surface area contributed by atoms with E-state index in [1.54, 1.807) is 6.92 Å². The number of benzene rings is 1. The van der Waals surface area contributed by atoms with E-state index in [0.29, 0.717) is 0 Å². The summed E-state index contributed by atoms with van der Waals surface area (Å²) in [5.74, 6) is -1.88. The van der Waals surface area contributed by atoms with Gasteiger partial charge in [-0.1, -0.05) is 5.10 Å². The lowest BCUT2D eigenvalue weighted by molar-refractivity contribution is -0.387. The van der Waals surface area contributed by atoms with E-state index in [4.69, 9.17) is 4.42 Å². The minimum atomic E-state index is -0.787. The molecule has 0 fully saturated rings. The van der Waals surface area contributed by atoms with Gasteiger partial charge in [0, 0.05) is 0 Å². The van der Waals surface area contributed by atoms with Crippen molar-refractivity contribution in [3.05, 3.63) is 40.0 Å². The van der Waals surface area contributed by atoms with Gasteiger partial charge in [-0.15, -0.1) is 5.10 Å². The smallest absolute Gasteiger partial charge is 0.396 e. The summed E-state index contributed by atoms with van der Waals surface area (Å²) >= 11 is 0.751. The molecule has 0 unspecified atom stereocenters. The Morgan fingerprint density at radius 1 is 1.52 bits per heavy atom. The molecule has 0 saturated carbocycles. The van der Waals surface area contributed by atoms with E-state index in [0.717, 1.165) is 23.9 Å². The first-order valence-electron chi connectivity index (χ1n) is 5.63. The molecule has 0 spiro atoms. The van der Waals surface area contributed by atoms with Gasteiger partial charge in [-0.05, 0) is 30.8 Å². The molecule has 10 heteroatoms. The van der Waals surface area contributed by atoms with Gasteiger partial charge in [0.1, 0.15) is 5.82 Å². The van der Waals surface area contributed by atoms with E-state index in [-0.39, 0.29) is 22.6 Å². The van der Waals surface area contributed by atoms with Gasteiger partial charge in [0.2, 0.25) is 0 Å². The van der Waals surface area contributed by atoms with Crippen molar-refractivity contribution in [3.63, 3.8) is 0 Å². The fourth-order valence-corrected chi connectivity index (χ4v) is 2.10. The van der Waals surface area contributed by atoms with Crippen LogP contribution < -0.4 is 0 Å². The minimum Gasteiger partial charge on any atom is -0.459 e. The number of aromatic nitrogens is 2. The normalized spacial score (nSPS) is 10.4. The van der Waals surface area contributed by atoms with Gasteiger partial charge in [0.25, 0.3) is 10.9 Å². The van der Waals surface area contributed by atoms with Crippen molar-refractivity contribution in [2.75, 3.05) is 6.61 Å². The molecule has 1 aromatic carbocycles. The van der Waals surface area contributed by atoms with Crippen molar-refractivity contribution in [3.8, 4) is 0 Å². The van der Waals surface area contributed by atoms with E-state index >= 15 is 0 Å². The molecule has 8 nitrogen and oxygen atoms in total. The number of nitro groups is 1. The SMILES string of the molecule is CCOC(=O)c1nnc(Sc2ccc(F)cc2[N+](=O)[O-])o1. The number of halogens is 1. The van der Waals surface area contributed by atoms with Crippen LogP contribution in [0.4, 0.5) is 10.1 Å². The summed E-state index contributed by atoms with van der Waals surface area (Å²) in [7, 11) is 0. The summed E-state index contributed by atoms with van der Waals surface area (Å²) in [6, 6.07) is 3.06. The van der Waals surface area contributed by atoms with E-state index in [9.17, 15) is 19.3 Å². The largest absolute Gasteiger partial charge is 0.459 e. The zero-order chi connectivity index (χ0) is 15.4. The quantitative estimate of drug-likeness (QED) is 0.470. The molecule has 0 atom stereocenters. The molecule has 0 bridgehead atoms. The second kappa shape index (κ2) is 6.31. The first-order chi connectivity index (χ1) is 10.0. The van der Waals surface area contributed by atoms with Crippen LogP contribution in [0.3, 0.4) is 0 Å². The lowest BCUT2D eigenvalue weighted by atomic mass is 10.3. The number of nitro benzene ring substituents is 1. The highest BCUT2D eigenvalue weighted by atomic mass is 32.2. The highest BCUT2D eigenvalue weighted by Gasteiger charge is 2.21. The number of carbonyl (C=O) groups is 1. The summed E-state index contributed by atoms with van der Waals surface area (Å²) in [6.07, 6.45) is 0. The average molecular weight is 313 g/mol. The number of carbonyl (C=O) groups excluding carboxylic acids is 1. The summed E-state index contributed by atoms with van der Waals surface area (Å²) in [5.41, 5.74) is -0.434. The molecule has 0 aliphatic rings. The van der Waals surface area contributed by atoms with Crippen LogP contribution in [-0.4, -0.2) is 27.7 Å². The number of rotatable bonds is 5. The Kier molecular flexibility index (Phi) is 4.48. The van der Waals surface area contributed by atoms with Gasteiger partial charge < -0.3 is 9.15 Å². The van der Waals surface area contributed by atoms with Crippen LogP contribution in [0, 0.1) is 15.9 Å². The molecule has 2 aromatic rings. The van der Waals surface area contributed by atoms with Crippen LogP contribution in [0.25, 0.3) is 0 Å². The van der Waals surface area contributed by atoms with Crippen molar-refractivity contribution in [1.82, 2.24) is 10.2 Å². The summed E-state index contributed by atoms with van der Waals surface area (Å²) < 4.78 is 22.7. The molecule has 0 saturated heterocycles. The van der Waals surface area contributed by atoms with Crippen molar-refractivity contribution >= 4 is 23.4 Å². The second-order valence-electron chi connectivity index (χ2n) is 3.56. The Morgan fingerprint density at radius 2 is 2.29 bits per heavy atom. The van der Waals surface area contributed by atoms with E-state index < -0.39 is 22.4 Å². The van der Waals surface area contributed by atoms with Crippen LogP contribution in [0.1, 0.15) is 17.6 Å². The number of ether oxygens (including phenoxy) is 1. The Balaban J connectivity index is 2.23. The summed E-state index contributed by atoms with van der Waals surface area (Å²) in [5, 5.41) is 17.8. The number of hydrogen-bond acceptors (Lipinski definition) is 8. The maximum Gasteiger partial charge on any atom is 0.396 e. The Bertz CT molecular complexity index is 690. The fraction of sp³-hybridized carbons (Fsp3) is 0.182. The summed E-state index contributed by atoms with van der Waals surface area (Å²) in [4.78, 5) is 21.6. The van der Waals surface area contributed by atoms with E-state index in [2.05, 4.69) is 14.9 Å². The molecule has 110 valence electrons. The number of nitrogens with zero attached hydrogens (tertiary/aromatic N) is 3. The minimum absolute atomic E-state index is 0.0900. The lowest BCUT2D eigenvalue weighted by Crippen LogP contribution is -2.04. The van der Waals surface area contributed by atoms with Crippen LogP contribution in [-0.2, 0) is 4.74 Å². The predicted molar refractivity (Wildman–Crippen MR) is 67.4 cm³/mol. The van der Waals surface area contributed by atoms with Crippen molar-refractivity contribution in [2.24, 2.45) is 0 Å². The van der Waals surface area contributed by atoms with Gasteiger partial charge >= 0.3 is 11.9 Å². The molecule has 0 amide bonds. The standard InChI is InChI=1S/C11H8FN3O5S/c1-2-19-10(16)9-13-14-11(20-9)21-8-4-3-6(12)5-7(8)15(17)18/h3-5H,2H2,1H3. The van der Waals surface area contributed by atoms with Gasteiger partial charge in [-0.3, -0.25) is 10.1 Å². The zero-order valence-electron chi connectivity index (χ0n) is 10.6. The zero-order valence-corrected chi connectivity index (χ0v) is 11.4. The first-order valence-corrected chi connectivity index (χ1v) is 6.45. The first kappa shape index (κ1) is 14.9. The van der Waals surface area contributed by atoms with Crippen LogP contribution in [0.15, 0.2) is 32.7 Å². The van der Waals surface area contributed by atoms with Crippen molar-refractivity contribution in [1.29, 1.82) is 0 Å². The van der Waals surface area contributed by atoms with Gasteiger partial charge in [-0.25, -0.2) is 9.18 Å². The molecule has 0 aliphatic heterocycles. The molecular formula is C11H8FN3O5S. The van der Waals surface area contributed by atoms with E-state index in [1.165, 1.54) is 6.07 Å². The number of esters is 1. The molecule has 0 radical (unpaired) electrons. The van der Waals surface area contributed by atoms with Gasteiger partial charge in [0.05, 0.1) is 22.5 Å². The molecular weight excluding hydrogens is 305 g/mol. The lowest BCUT2D eigenvalue weighted by Gasteiger charge is -1.99. The van der Waals surface area contributed by atoms with Gasteiger partial charge in [0.15, 0.2) is 0 Å². The highest BCUT2D eigenvalue weighted by Crippen LogP contribution is 2.34. The maximum atomic E-state index is 13.0. The molecule has 0 aliphatic carbocycles. The Labute approximate surface area is 121 Å². The maximum absolute atomic E-state index is 13.0. The third-order valence-corrected chi connectivity index (χ3v) is 3.08. The van der Waals surface area contributed by atoms with E-state index in [1.807, 2.05) is 0 Å². The summed E-state index contributed by atoms with van der Waals surface area (Å²) in [6.45, 7) is 1.76. The molecule has 1 aromatic heterocycles. The fourth-order valence-electron chi connectivity index (χ4n) is 1.34. The molecule has 2 rings (SSSR count). The van der Waals surface area contributed by atoms with Gasteiger partial charge in [-0.2, -0.15) is 0 Å². The third kappa shape index (κ3) is 3.54. The predicted octanol–water partition coefficient (Wildman–Crippen LogP) is 2.44. The molecule has 21 heavy (non-hydrogen) atoms. The van der Waals surface area contributed by atoms with Crippen molar-refractivity contribution < 1.29 is 23.3 Å². The van der Waals surface area contributed by atoms with Crippen LogP contribution in [0.5, 0.6) is 0 Å². The van der Waals surface area contributed by atoms with Crippen LogP contribution in [0.2, 0.25) is 0 Å². The Hall–Kier alpha value is -2.49. The average Bonchev–Trinajstić information content (AvgIpc) is 2.89.